The second kappa shape index (κ2) is 12.2. The fourth-order valence-corrected chi connectivity index (χ4v) is 7.32. The minimum Gasteiger partial charge on any atom is -0.391 e. The van der Waals surface area contributed by atoms with Crippen LogP contribution in [0.1, 0.15) is 52.9 Å². The number of sulfone groups is 1. The summed E-state index contributed by atoms with van der Waals surface area (Å²) in [5.74, 6) is -0.223. The number of aliphatic hydroxyl groups excluding tert-OH is 1. The maximum atomic E-state index is 13.2. The number of pyridine rings is 1. The molecule has 1 amide bonds. The summed E-state index contributed by atoms with van der Waals surface area (Å²) in [5.41, 5.74) is 0.473. The van der Waals surface area contributed by atoms with Crippen molar-refractivity contribution in [1.82, 2.24) is 15.0 Å². The normalized spacial score (nSPS) is 23.3. The van der Waals surface area contributed by atoms with Crippen LogP contribution in [0.2, 0.25) is 0 Å². The summed E-state index contributed by atoms with van der Waals surface area (Å²) in [4.78, 5) is 17.4. The summed E-state index contributed by atoms with van der Waals surface area (Å²) < 4.78 is 52.5. The molecule has 6 unspecified atom stereocenters. The molecule has 206 valence electrons. The van der Waals surface area contributed by atoms with Gasteiger partial charge >= 0.3 is 0 Å². The van der Waals surface area contributed by atoms with Gasteiger partial charge in [0.15, 0.2) is 14.9 Å². The third kappa shape index (κ3) is 8.20. The van der Waals surface area contributed by atoms with Crippen molar-refractivity contribution in [3.63, 3.8) is 0 Å². The molecule has 0 spiro atoms. The number of hydrogen-bond acceptors (Lipinski definition) is 7. The van der Waals surface area contributed by atoms with Gasteiger partial charge in [0.1, 0.15) is 6.04 Å². The highest BCUT2D eigenvalue weighted by molar-refractivity contribution is 7.91. The molecule has 1 aromatic heterocycles. The molecule has 0 bridgehead atoms. The Morgan fingerprint density at radius 3 is 2.49 bits per heavy atom. The molecule has 1 aliphatic carbocycles. The van der Waals surface area contributed by atoms with Crippen LogP contribution in [0.5, 0.6) is 0 Å². The smallest absolute Gasteiger partial charge is 0.239 e. The van der Waals surface area contributed by atoms with E-state index in [2.05, 4.69) is 28.9 Å². The lowest BCUT2D eigenvalue weighted by molar-refractivity contribution is -0.124. The SMILES string of the molecule is CCC(NC(=O)C(CS(=O)(=O)c1ccc2ccccc2n1)NS(C)(=O)=O)C(O)CC1CC(C)CCC1C. The third-order valence-corrected chi connectivity index (χ3v) is 9.70. The number of hydrogen-bond donors (Lipinski definition) is 3. The summed E-state index contributed by atoms with van der Waals surface area (Å²) in [7, 11) is -8.04. The molecule has 0 saturated heterocycles. The van der Waals surface area contributed by atoms with Gasteiger partial charge in [-0.2, -0.15) is 0 Å². The Labute approximate surface area is 220 Å². The number of para-hydroxylation sites is 1. The number of carbonyl (C=O) groups excluding carboxylic acids is 1. The summed E-state index contributed by atoms with van der Waals surface area (Å²) in [6, 6.07) is 7.76. The van der Waals surface area contributed by atoms with E-state index in [0.29, 0.717) is 36.1 Å². The van der Waals surface area contributed by atoms with E-state index in [1.54, 1.807) is 24.3 Å². The number of sulfonamides is 1. The van der Waals surface area contributed by atoms with Crippen molar-refractivity contribution in [2.24, 2.45) is 17.8 Å². The third-order valence-electron chi connectivity index (χ3n) is 7.35. The van der Waals surface area contributed by atoms with Crippen molar-refractivity contribution < 1.29 is 26.7 Å². The fourth-order valence-electron chi connectivity index (χ4n) is 5.15. The molecule has 3 N–H and O–H groups in total. The lowest BCUT2D eigenvalue weighted by atomic mass is 9.73. The van der Waals surface area contributed by atoms with Gasteiger partial charge in [-0.15, -0.1) is 0 Å². The number of amides is 1. The Morgan fingerprint density at radius 2 is 1.81 bits per heavy atom. The van der Waals surface area contributed by atoms with E-state index in [0.717, 1.165) is 24.5 Å². The first-order valence-corrected chi connectivity index (χ1v) is 16.4. The Bertz CT molecular complexity index is 1300. The second-order valence-electron chi connectivity index (χ2n) is 10.5. The minimum absolute atomic E-state index is 0.244. The Balaban J connectivity index is 1.77. The average molecular weight is 554 g/mol. The molecule has 3 rings (SSSR count). The molecule has 6 atom stereocenters. The number of aromatic nitrogens is 1. The number of rotatable bonds is 11. The van der Waals surface area contributed by atoms with Crippen molar-refractivity contribution in [3.8, 4) is 0 Å². The first kappa shape index (κ1) is 29.5. The molecule has 1 aliphatic rings. The van der Waals surface area contributed by atoms with Crippen LogP contribution in [0.25, 0.3) is 10.9 Å². The monoisotopic (exact) mass is 553 g/mol. The van der Waals surface area contributed by atoms with Crippen LogP contribution in [0, 0.1) is 17.8 Å². The maximum Gasteiger partial charge on any atom is 0.239 e. The second-order valence-corrected chi connectivity index (χ2v) is 14.3. The zero-order valence-electron chi connectivity index (χ0n) is 21.9. The molecule has 2 aromatic rings. The van der Waals surface area contributed by atoms with Crippen LogP contribution in [0.4, 0.5) is 0 Å². The average Bonchev–Trinajstić information content (AvgIpc) is 2.82. The molecule has 1 aromatic carbocycles. The maximum absolute atomic E-state index is 13.2. The number of fused-ring (bicyclic) bond motifs is 1. The molecule has 0 aliphatic heterocycles. The highest BCUT2D eigenvalue weighted by atomic mass is 32.2. The molecule has 1 heterocycles. The quantitative estimate of drug-likeness (QED) is 0.388. The highest BCUT2D eigenvalue weighted by Crippen LogP contribution is 2.36. The van der Waals surface area contributed by atoms with Gasteiger partial charge in [-0.05, 0) is 55.2 Å². The predicted octanol–water partition coefficient (Wildman–Crippen LogP) is 2.64. The number of nitrogens with one attached hydrogen (secondary N) is 2. The first-order valence-electron chi connectivity index (χ1n) is 12.8. The van der Waals surface area contributed by atoms with E-state index in [1.165, 1.54) is 12.5 Å². The molecule has 9 nitrogen and oxygen atoms in total. The minimum atomic E-state index is -4.13. The van der Waals surface area contributed by atoms with Gasteiger partial charge in [0, 0.05) is 5.39 Å². The molecule has 1 saturated carbocycles. The van der Waals surface area contributed by atoms with Gasteiger partial charge < -0.3 is 10.4 Å². The predicted molar refractivity (Wildman–Crippen MR) is 144 cm³/mol. The lowest BCUT2D eigenvalue weighted by Gasteiger charge is -2.36. The molecule has 11 heteroatoms. The standard InChI is InChI=1S/C26H39N3O6S2/c1-5-21(24(30)15-20-14-17(2)10-11-18(20)3)28-26(31)23(29-36(4,32)33)16-37(34,35)25-13-12-19-8-6-7-9-22(19)27-25/h6-9,12-13,17-18,20-21,23-24,29-30H,5,10-11,14-16H2,1-4H3,(H,28,31). The van der Waals surface area contributed by atoms with Crippen LogP contribution in [0.15, 0.2) is 41.4 Å². The largest absolute Gasteiger partial charge is 0.391 e. The molecular formula is C26H39N3O6S2. The zero-order chi connectivity index (χ0) is 27.4. The molecule has 0 radical (unpaired) electrons. The van der Waals surface area contributed by atoms with Crippen molar-refractivity contribution in [2.45, 2.75) is 76.1 Å². The Morgan fingerprint density at radius 1 is 1.11 bits per heavy atom. The van der Waals surface area contributed by atoms with E-state index in [1.807, 2.05) is 13.0 Å². The van der Waals surface area contributed by atoms with Gasteiger partial charge in [0.25, 0.3) is 0 Å². The first-order chi connectivity index (χ1) is 17.3. The molecular weight excluding hydrogens is 514 g/mol. The van der Waals surface area contributed by atoms with Crippen LogP contribution in [0.3, 0.4) is 0 Å². The Kier molecular flexibility index (Phi) is 9.71. The number of benzene rings is 1. The van der Waals surface area contributed by atoms with E-state index >= 15 is 0 Å². The van der Waals surface area contributed by atoms with Gasteiger partial charge in [-0.1, -0.05) is 51.8 Å². The number of carbonyl (C=O) groups is 1. The van der Waals surface area contributed by atoms with E-state index in [-0.39, 0.29) is 5.03 Å². The van der Waals surface area contributed by atoms with Crippen molar-refractivity contribution in [1.29, 1.82) is 0 Å². The summed E-state index contributed by atoms with van der Waals surface area (Å²) in [5, 5.41) is 14.2. The van der Waals surface area contributed by atoms with Gasteiger partial charge in [-0.3, -0.25) is 4.79 Å². The topological polar surface area (TPSA) is 143 Å². The summed E-state index contributed by atoms with van der Waals surface area (Å²) >= 11 is 0. The molecule has 37 heavy (non-hydrogen) atoms. The lowest BCUT2D eigenvalue weighted by Crippen LogP contribution is -2.54. The fraction of sp³-hybridized carbons (Fsp3) is 0.615. The van der Waals surface area contributed by atoms with Crippen LogP contribution >= 0.6 is 0 Å². The van der Waals surface area contributed by atoms with E-state index in [9.17, 15) is 26.7 Å². The van der Waals surface area contributed by atoms with Gasteiger partial charge in [0.2, 0.25) is 15.9 Å². The number of nitrogens with zero attached hydrogens (tertiary/aromatic N) is 1. The van der Waals surface area contributed by atoms with Crippen LogP contribution < -0.4 is 10.0 Å². The Hall–Kier alpha value is -2.08. The summed E-state index contributed by atoms with van der Waals surface area (Å²) in [6.45, 7) is 6.20. The van der Waals surface area contributed by atoms with Crippen molar-refractivity contribution >= 4 is 36.7 Å². The van der Waals surface area contributed by atoms with E-state index < -0.39 is 49.7 Å². The zero-order valence-corrected chi connectivity index (χ0v) is 23.6. The summed E-state index contributed by atoms with van der Waals surface area (Å²) in [6.07, 6.45) is 4.25. The van der Waals surface area contributed by atoms with Crippen molar-refractivity contribution in [3.05, 3.63) is 36.4 Å². The van der Waals surface area contributed by atoms with Gasteiger partial charge in [-0.25, -0.2) is 26.5 Å². The van der Waals surface area contributed by atoms with E-state index in [4.69, 9.17) is 0 Å². The van der Waals surface area contributed by atoms with Crippen LogP contribution in [-0.2, 0) is 24.7 Å². The van der Waals surface area contributed by atoms with Gasteiger partial charge in [0.05, 0.1) is 29.7 Å². The van der Waals surface area contributed by atoms with Crippen molar-refractivity contribution in [2.75, 3.05) is 12.0 Å². The number of aliphatic hydroxyl groups is 1. The van der Waals surface area contributed by atoms with Crippen LogP contribution in [-0.4, -0.2) is 63.0 Å². The highest BCUT2D eigenvalue weighted by Gasteiger charge is 2.34. The molecule has 1 fully saturated rings.